The molecular formula is C22H20F2N2O4S. The summed E-state index contributed by atoms with van der Waals surface area (Å²) >= 11 is 1.12. The number of amides is 1. The molecule has 1 N–H and O–H groups in total. The molecule has 1 heterocycles. The summed E-state index contributed by atoms with van der Waals surface area (Å²) < 4.78 is 37.1. The number of aromatic nitrogens is 1. The summed E-state index contributed by atoms with van der Waals surface area (Å²) in [5, 5.41) is 4.41. The van der Waals surface area contributed by atoms with Gasteiger partial charge in [0.2, 0.25) is 0 Å². The molecule has 0 fully saturated rings. The van der Waals surface area contributed by atoms with E-state index in [1.165, 1.54) is 13.0 Å². The molecule has 0 saturated heterocycles. The predicted molar refractivity (Wildman–Crippen MR) is 113 cm³/mol. The van der Waals surface area contributed by atoms with Crippen LogP contribution in [0.2, 0.25) is 0 Å². The van der Waals surface area contributed by atoms with Crippen LogP contribution in [0, 0.1) is 11.6 Å². The molecule has 162 valence electrons. The second kappa shape index (κ2) is 10.6. The Morgan fingerprint density at radius 1 is 1.13 bits per heavy atom. The Labute approximate surface area is 181 Å². The molecule has 1 aromatic heterocycles. The van der Waals surface area contributed by atoms with E-state index in [0.29, 0.717) is 24.3 Å². The first-order chi connectivity index (χ1) is 14.9. The van der Waals surface area contributed by atoms with E-state index in [4.69, 9.17) is 9.47 Å². The van der Waals surface area contributed by atoms with Gasteiger partial charge in [0, 0.05) is 17.4 Å². The van der Waals surface area contributed by atoms with Gasteiger partial charge >= 0.3 is 5.97 Å². The highest BCUT2D eigenvalue weighted by molar-refractivity contribution is 7.14. The summed E-state index contributed by atoms with van der Waals surface area (Å²) in [5.74, 6) is -2.27. The number of rotatable bonds is 9. The lowest BCUT2D eigenvalue weighted by molar-refractivity contribution is -0.153. The maximum absolute atomic E-state index is 13.4. The molecule has 0 aliphatic heterocycles. The highest BCUT2D eigenvalue weighted by atomic mass is 32.1. The number of carbonyl (C=O) groups excluding carboxylic acids is 2. The van der Waals surface area contributed by atoms with E-state index >= 15 is 0 Å². The van der Waals surface area contributed by atoms with Crippen LogP contribution in [0.5, 0.6) is 5.75 Å². The first-order valence-electron chi connectivity index (χ1n) is 9.51. The van der Waals surface area contributed by atoms with Gasteiger partial charge in [0.25, 0.3) is 5.91 Å². The lowest BCUT2D eigenvalue weighted by Crippen LogP contribution is -2.30. The van der Waals surface area contributed by atoms with Crippen LogP contribution in [0.25, 0.3) is 11.3 Å². The average molecular weight is 446 g/mol. The van der Waals surface area contributed by atoms with Crippen molar-refractivity contribution < 1.29 is 27.8 Å². The first-order valence-corrected chi connectivity index (χ1v) is 10.4. The number of hydrogen-bond acceptors (Lipinski definition) is 6. The predicted octanol–water partition coefficient (Wildman–Crippen LogP) is 4.82. The zero-order valence-electron chi connectivity index (χ0n) is 16.6. The third kappa shape index (κ3) is 6.58. The van der Waals surface area contributed by atoms with Crippen LogP contribution in [0.1, 0.15) is 19.8 Å². The Hall–Kier alpha value is -3.33. The number of benzene rings is 2. The molecule has 0 radical (unpaired) electrons. The number of halogens is 2. The smallest absolute Gasteiger partial charge is 0.306 e. The SMILES string of the molecule is C[C@@H](OC(=O)CCCOc1ccccc1)C(=O)Nc1nc(-c2ccc(F)c(F)c2)cs1. The molecule has 2 aromatic carbocycles. The fraction of sp³-hybridized carbons (Fsp3) is 0.227. The number of ether oxygens (including phenoxy) is 2. The van der Waals surface area contributed by atoms with Crippen LogP contribution < -0.4 is 10.1 Å². The fourth-order valence-electron chi connectivity index (χ4n) is 2.56. The highest BCUT2D eigenvalue weighted by Crippen LogP contribution is 2.26. The molecule has 0 saturated carbocycles. The van der Waals surface area contributed by atoms with Crippen molar-refractivity contribution in [1.29, 1.82) is 0 Å². The summed E-state index contributed by atoms with van der Waals surface area (Å²) in [7, 11) is 0. The monoisotopic (exact) mass is 446 g/mol. The quantitative estimate of drug-likeness (QED) is 0.377. The number of esters is 1. The number of thiazole rings is 1. The van der Waals surface area contributed by atoms with Crippen molar-refractivity contribution in [2.45, 2.75) is 25.9 Å². The van der Waals surface area contributed by atoms with Crippen molar-refractivity contribution in [2.24, 2.45) is 0 Å². The summed E-state index contributed by atoms with van der Waals surface area (Å²) in [4.78, 5) is 28.4. The van der Waals surface area contributed by atoms with Crippen molar-refractivity contribution in [3.63, 3.8) is 0 Å². The highest BCUT2D eigenvalue weighted by Gasteiger charge is 2.19. The van der Waals surface area contributed by atoms with E-state index in [1.807, 2.05) is 30.3 Å². The Kier molecular flexibility index (Phi) is 7.66. The zero-order chi connectivity index (χ0) is 22.2. The minimum Gasteiger partial charge on any atom is -0.494 e. The van der Waals surface area contributed by atoms with Crippen molar-refractivity contribution in [3.8, 4) is 17.0 Å². The molecule has 1 amide bonds. The van der Waals surface area contributed by atoms with Gasteiger partial charge in [-0.15, -0.1) is 11.3 Å². The number of nitrogens with zero attached hydrogens (tertiary/aromatic N) is 1. The molecule has 9 heteroatoms. The van der Waals surface area contributed by atoms with E-state index in [9.17, 15) is 18.4 Å². The summed E-state index contributed by atoms with van der Waals surface area (Å²) in [6, 6.07) is 12.7. The number of nitrogens with one attached hydrogen (secondary N) is 1. The molecule has 1 atom stereocenters. The standard InChI is InChI=1S/C22H20F2N2O4S/c1-14(30-20(27)8-5-11-29-16-6-3-2-4-7-16)21(28)26-22-25-19(13-31-22)15-9-10-17(23)18(24)12-15/h2-4,6-7,9-10,12-14H,5,8,11H2,1H3,(H,25,26,28)/t14-/m1/s1. The topological polar surface area (TPSA) is 77.5 Å². The molecule has 0 bridgehead atoms. The third-order valence-corrected chi connectivity index (χ3v) is 4.92. The van der Waals surface area contributed by atoms with E-state index in [0.717, 1.165) is 29.2 Å². The maximum atomic E-state index is 13.4. The van der Waals surface area contributed by atoms with Crippen LogP contribution in [0.15, 0.2) is 53.9 Å². The van der Waals surface area contributed by atoms with Crippen molar-refractivity contribution in [1.82, 2.24) is 4.98 Å². The molecule has 0 spiro atoms. The Morgan fingerprint density at radius 2 is 1.90 bits per heavy atom. The van der Waals surface area contributed by atoms with Gasteiger partial charge in [0.1, 0.15) is 5.75 Å². The minimum atomic E-state index is -1.02. The molecule has 0 aliphatic carbocycles. The number of para-hydroxylation sites is 1. The minimum absolute atomic E-state index is 0.113. The van der Waals surface area contributed by atoms with Gasteiger partial charge in [-0.1, -0.05) is 18.2 Å². The molecule has 0 aliphatic rings. The Balaban J connectivity index is 1.43. The largest absolute Gasteiger partial charge is 0.494 e. The van der Waals surface area contributed by atoms with Crippen molar-refractivity contribution in [3.05, 3.63) is 65.5 Å². The van der Waals surface area contributed by atoms with Gasteiger partial charge < -0.3 is 9.47 Å². The Bertz CT molecular complexity index is 1040. The molecular weight excluding hydrogens is 426 g/mol. The summed E-state index contributed by atoms with van der Waals surface area (Å²) in [6.07, 6.45) is -0.452. The second-order valence-electron chi connectivity index (χ2n) is 6.55. The van der Waals surface area contributed by atoms with E-state index < -0.39 is 29.6 Å². The average Bonchev–Trinajstić information content (AvgIpc) is 3.22. The lowest BCUT2D eigenvalue weighted by Gasteiger charge is -2.12. The number of hydrogen-bond donors (Lipinski definition) is 1. The lowest BCUT2D eigenvalue weighted by atomic mass is 10.2. The van der Waals surface area contributed by atoms with Crippen molar-refractivity contribution in [2.75, 3.05) is 11.9 Å². The van der Waals surface area contributed by atoms with Gasteiger partial charge in [-0.3, -0.25) is 14.9 Å². The van der Waals surface area contributed by atoms with Gasteiger partial charge in [-0.05, 0) is 43.7 Å². The van der Waals surface area contributed by atoms with Gasteiger partial charge in [0.05, 0.1) is 12.3 Å². The number of anilines is 1. The summed E-state index contributed by atoms with van der Waals surface area (Å²) in [5.41, 5.74) is 0.773. The molecule has 0 unspecified atom stereocenters. The summed E-state index contributed by atoms with van der Waals surface area (Å²) in [6.45, 7) is 1.81. The maximum Gasteiger partial charge on any atom is 0.306 e. The van der Waals surface area contributed by atoms with Gasteiger partial charge in [-0.2, -0.15) is 0 Å². The normalized spacial score (nSPS) is 11.6. The zero-order valence-corrected chi connectivity index (χ0v) is 17.5. The second-order valence-corrected chi connectivity index (χ2v) is 7.41. The number of carbonyl (C=O) groups is 2. The van der Waals surface area contributed by atoms with E-state index in [2.05, 4.69) is 10.3 Å². The molecule has 3 rings (SSSR count). The fourth-order valence-corrected chi connectivity index (χ4v) is 3.28. The van der Waals surface area contributed by atoms with Crippen LogP contribution >= 0.6 is 11.3 Å². The molecule has 3 aromatic rings. The van der Waals surface area contributed by atoms with Crippen LogP contribution in [-0.2, 0) is 14.3 Å². The van der Waals surface area contributed by atoms with Crippen LogP contribution in [0.4, 0.5) is 13.9 Å². The van der Waals surface area contributed by atoms with Gasteiger partial charge in [-0.25, -0.2) is 13.8 Å². The van der Waals surface area contributed by atoms with Gasteiger partial charge in [0.15, 0.2) is 22.9 Å². The molecule has 31 heavy (non-hydrogen) atoms. The third-order valence-electron chi connectivity index (χ3n) is 4.16. The first kappa shape index (κ1) is 22.4. The van der Waals surface area contributed by atoms with Crippen LogP contribution in [0.3, 0.4) is 0 Å². The van der Waals surface area contributed by atoms with Crippen molar-refractivity contribution >= 4 is 28.3 Å². The Morgan fingerprint density at radius 3 is 2.65 bits per heavy atom. The van der Waals surface area contributed by atoms with E-state index in [-0.39, 0.29) is 11.6 Å². The van der Waals surface area contributed by atoms with Crippen LogP contribution in [-0.4, -0.2) is 29.6 Å². The molecule has 6 nitrogen and oxygen atoms in total. The van der Waals surface area contributed by atoms with E-state index in [1.54, 1.807) is 5.38 Å².